The van der Waals surface area contributed by atoms with Crippen LogP contribution in [0.3, 0.4) is 0 Å². The fraction of sp³-hybridized carbons (Fsp3) is 0.434. The molecule has 3 atom stereocenters. The number of fused-ring (bicyclic) bond motifs is 9. The van der Waals surface area contributed by atoms with Gasteiger partial charge in [0, 0.05) is 27.9 Å². The monoisotopic (exact) mass is 705 g/mol. The normalized spacial score (nSPS) is 31.0. The van der Waals surface area contributed by atoms with Crippen LogP contribution >= 0.6 is 0 Å². The van der Waals surface area contributed by atoms with Crippen molar-refractivity contribution in [2.75, 3.05) is 4.90 Å². The van der Waals surface area contributed by atoms with Crippen LogP contribution in [0.15, 0.2) is 103 Å². The molecule has 8 aliphatic rings. The number of benzene rings is 5. The van der Waals surface area contributed by atoms with Gasteiger partial charge < -0.3 is 4.90 Å². The lowest BCUT2D eigenvalue weighted by molar-refractivity contribution is -0.00518. The van der Waals surface area contributed by atoms with Gasteiger partial charge in [0.1, 0.15) is 0 Å². The third kappa shape index (κ3) is 4.39. The molecule has 54 heavy (non-hydrogen) atoms. The Labute approximate surface area is 323 Å². The van der Waals surface area contributed by atoms with E-state index in [1.165, 1.54) is 126 Å². The number of hydrogen-bond donors (Lipinski definition) is 0. The summed E-state index contributed by atoms with van der Waals surface area (Å²) in [5.74, 6) is 5.49. The van der Waals surface area contributed by atoms with Gasteiger partial charge in [-0.3, -0.25) is 0 Å². The van der Waals surface area contributed by atoms with E-state index in [4.69, 9.17) is 0 Å². The Kier molecular flexibility index (Phi) is 6.57. The van der Waals surface area contributed by atoms with Crippen LogP contribution in [0.2, 0.25) is 0 Å². The molecule has 5 aromatic rings. The van der Waals surface area contributed by atoms with Crippen LogP contribution in [-0.2, 0) is 16.2 Å². The molecule has 6 saturated carbocycles. The van der Waals surface area contributed by atoms with E-state index in [9.17, 15) is 0 Å². The first-order chi connectivity index (χ1) is 26.2. The highest BCUT2D eigenvalue weighted by Gasteiger charge is 2.52. The molecule has 5 aromatic carbocycles. The molecule has 8 aliphatic carbocycles. The molecule has 0 heterocycles. The Morgan fingerprint density at radius 3 is 1.81 bits per heavy atom. The highest BCUT2D eigenvalue weighted by molar-refractivity contribution is 5.95. The summed E-state index contributed by atoms with van der Waals surface area (Å²) in [6.07, 6.45) is 14.5. The predicted molar refractivity (Wildman–Crippen MR) is 224 cm³/mol. The standard InChI is InChI=1S/C53H55N/c1-51(2)46-8-6-5-7-44(46)49-47(51)22-21-43-42-20-19-41(28-48(42)52(3,4)50(43)49)54(39-15-11-36(12-16-39)45-27-32-9-10-37(45)26-32)40-17-13-38(14-18-40)53-29-33-23-34(30-53)25-35(24-33)31-53/h5-8,11-22,28,32-35,37,45H,9-10,23-27,29-31H2,1-4H3. The Balaban J connectivity index is 0.961. The molecule has 0 saturated heterocycles. The lowest BCUT2D eigenvalue weighted by Crippen LogP contribution is -2.48. The first kappa shape index (κ1) is 32.2. The van der Waals surface area contributed by atoms with Gasteiger partial charge in [-0.05, 0) is 191 Å². The van der Waals surface area contributed by atoms with Crippen LogP contribution in [0.5, 0.6) is 0 Å². The van der Waals surface area contributed by atoms with E-state index in [1.807, 2.05) is 0 Å². The average Bonchev–Trinajstić information content (AvgIpc) is 3.92. The van der Waals surface area contributed by atoms with Crippen LogP contribution in [0.4, 0.5) is 17.1 Å². The van der Waals surface area contributed by atoms with E-state index in [2.05, 4.69) is 136 Å². The summed E-state index contributed by atoms with van der Waals surface area (Å²) in [5, 5.41) is 0. The largest absolute Gasteiger partial charge is 0.310 e. The number of nitrogens with zero attached hydrogens (tertiary/aromatic N) is 1. The molecular weight excluding hydrogens is 651 g/mol. The summed E-state index contributed by atoms with van der Waals surface area (Å²) < 4.78 is 0. The molecule has 0 aliphatic heterocycles. The first-order valence-corrected chi connectivity index (χ1v) is 21.6. The van der Waals surface area contributed by atoms with Crippen LogP contribution in [0, 0.1) is 29.6 Å². The minimum absolute atomic E-state index is 0.000312. The van der Waals surface area contributed by atoms with Gasteiger partial charge >= 0.3 is 0 Å². The van der Waals surface area contributed by atoms with Crippen molar-refractivity contribution in [1.29, 1.82) is 0 Å². The molecular formula is C53H55N. The van der Waals surface area contributed by atoms with Gasteiger partial charge in [-0.2, -0.15) is 0 Å². The van der Waals surface area contributed by atoms with Crippen molar-refractivity contribution >= 4 is 17.1 Å². The number of rotatable bonds is 5. The van der Waals surface area contributed by atoms with Crippen molar-refractivity contribution in [1.82, 2.24) is 0 Å². The molecule has 0 aromatic heterocycles. The smallest absolute Gasteiger partial charge is 0.0465 e. The molecule has 1 nitrogen and oxygen atoms in total. The number of anilines is 3. The van der Waals surface area contributed by atoms with Crippen molar-refractivity contribution in [3.63, 3.8) is 0 Å². The van der Waals surface area contributed by atoms with Crippen molar-refractivity contribution in [3.8, 4) is 22.3 Å². The molecule has 0 N–H and O–H groups in total. The summed E-state index contributed by atoms with van der Waals surface area (Å²) in [7, 11) is 0. The van der Waals surface area contributed by atoms with Crippen molar-refractivity contribution < 1.29 is 0 Å². The fourth-order valence-corrected chi connectivity index (χ4v) is 14.6. The highest BCUT2D eigenvalue weighted by atomic mass is 15.1. The molecule has 6 bridgehead atoms. The molecule has 0 spiro atoms. The van der Waals surface area contributed by atoms with Crippen LogP contribution < -0.4 is 4.90 Å². The molecule has 3 unspecified atom stereocenters. The molecule has 0 amide bonds. The van der Waals surface area contributed by atoms with Crippen molar-refractivity contribution in [2.45, 2.75) is 114 Å². The summed E-state index contributed by atoms with van der Waals surface area (Å²) in [6, 6.07) is 41.3. The Morgan fingerprint density at radius 1 is 0.500 bits per heavy atom. The minimum Gasteiger partial charge on any atom is -0.310 e. The quantitative estimate of drug-likeness (QED) is 0.176. The van der Waals surface area contributed by atoms with Gasteiger partial charge in [-0.25, -0.2) is 0 Å². The summed E-state index contributed by atoms with van der Waals surface area (Å²) in [4.78, 5) is 2.57. The maximum Gasteiger partial charge on any atom is 0.0465 e. The minimum atomic E-state index is -0.126. The van der Waals surface area contributed by atoms with E-state index in [-0.39, 0.29) is 10.8 Å². The topological polar surface area (TPSA) is 3.24 Å². The van der Waals surface area contributed by atoms with Gasteiger partial charge in [0.15, 0.2) is 0 Å². The molecule has 272 valence electrons. The average molecular weight is 706 g/mol. The maximum absolute atomic E-state index is 2.57. The first-order valence-electron chi connectivity index (χ1n) is 21.6. The third-order valence-corrected chi connectivity index (χ3v) is 16.7. The second kappa shape index (κ2) is 11.0. The lowest BCUT2D eigenvalue weighted by Gasteiger charge is -2.57. The lowest BCUT2D eigenvalue weighted by atomic mass is 9.48. The Morgan fingerprint density at radius 2 is 1.15 bits per heavy atom. The van der Waals surface area contributed by atoms with Gasteiger partial charge in [0.05, 0.1) is 0 Å². The van der Waals surface area contributed by atoms with E-state index < -0.39 is 0 Å². The van der Waals surface area contributed by atoms with Crippen LogP contribution in [0.25, 0.3) is 22.3 Å². The predicted octanol–water partition coefficient (Wildman–Crippen LogP) is 14.1. The van der Waals surface area contributed by atoms with Gasteiger partial charge in [0.2, 0.25) is 0 Å². The van der Waals surface area contributed by atoms with E-state index >= 15 is 0 Å². The molecule has 1 heteroatoms. The SMILES string of the molecule is CC1(C)c2ccccc2-c2c1ccc1c2C(C)(C)c2cc(N(c3ccc(C4CC5CCC4C5)cc3)c3ccc(C45CC6CC(CC(C6)C4)C5)cc3)ccc2-1. The third-order valence-electron chi connectivity index (χ3n) is 16.7. The van der Waals surface area contributed by atoms with Gasteiger partial charge in [0.25, 0.3) is 0 Å². The second-order valence-corrected chi connectivity index (χ2v) is 20.4. The van der Waals surface area contributed by atoms with E-state index in [0.717, 1.165) is 35.5 Å². The Hall–Kier alpha value is -4.10. The fourth-order valence-electron chi connectivity index (χ4n) is 14.6. The molecule has 6 fully saturated rings. The van der Waals surface area contributed by atoms with Crippen molar-refractivity contribution in [3.05, 3.63) is 137 Å². The van der Waals surface area contributed by atoms with Crippen LogP contribution in [-0.4, -0.2) is 0 Å². The zero-order chi connectivity index (χ0) is 36.1. The number of hydrogen-bond acceptors (Lipinski definition) is 1. The summed E-state index contributed by atoms with van der Waals surface area (Å²) >= 11 is 0. The van der Waals surface area contributed by atoms with Crippen molar-refractivity contribution in [2.24, 2.45) is 29.6 Å². The zero-order valence-corrected chi connectivity index (χ0v) is 32.8. The second-order valence-electron chi connectivity index (χ2n) is 20.4. The summed E-state index contributed by atoms with van der Waals surface area (Å²) in [5.41, 5.74) is 18.9. The maximum atomic E-state index is 2.57. The summed E-state index contributed by atoms with van der Waals surface area (Å²) in [6.45, 7) is 9.77. The van der Waals surface area contributed by atoms with Gasteiger partial charge in [-0.15, -0.1) is 0 Å². The highest BCUT2D eigenvalue weighted by Crippen LogP contribution is 2.62. The molecule has 0 radical (unpaired) electrons. The van der Waals surface area contributed by atoms with Crippen LogP contribution in [0.1, 0.15) is 131 Å². The van der Waals surface area contributed by atoms with E-state index in [1.54, 1.807) is 11.1 Å². The zero-order valence-electron chi connectivity index (χ0n) is 32.8. The molecule has 13 rings (SSSR count). The van der Waals surface area contributed by atoms with Gasteiger partial charge in [-0.1, -0.05) is 101 Å². The van der Waals surface area contributed by atoms with E-state index in [0.29, 0.717) is 5.41 Å². The Bertz CT molecular complexity index is 2300.